The summed E-state index contributed by atoms with van der Waals surface area (Å²) in [6.07, 6.45) is 6.20. The Morgan fingerprint density at radius 1 is 1.19 bits per heavy atom. The summed E-state index contributed by atoms with van der Waals surface area (Å²) in [7, 11) is 0. The predicted octanol–water partition coefficient (Wildman–Crippen LogP) is 0.741. The highest BCUT2D eigenvalue weighted by molar-refractivity contribution is 6.06. The minimum Gasteiger partial charge on any atom is -0.338 e. The lowest BCUT2D eigenvalue weighted by molar-refractivity contribution is -0.145. The lowest BCUT2D eigenvalue weighted by Crippen LogP contribution is -2.64. The average molecular weight is 291 g/mol. The van der Waals surface area contributed by atoms with Crippen molar-refractivity contribution in [3.63, 3.8) is 0 Å². The van der Waals surface area contributed by atoms with Gasteiger partial charge in [-0.1, -0.05) is 19.1 Å². The van der Waals surface area contributed by atoms with E-state index in [1.54, 1.807) is 4.90 Å². The maximum atomic E-state index is 12.4. The van der Waals surface area contributed by atoms with Gasteiger partial charge in [0.15, 0.2) is 0 Å². The summed E-state index contributed by atoms with van der Waals surface area (Å²) in [6, 6.07) is -0.241. The first-order chi connectivity index (χ1) is 10.1. The van der Waals surface area contributed by atoms with Crippen LogP contribution in [-0.2, 0) is 9.59 Å². The van der Waals surface area contributed by atoms with Gasteiger partial charge in [0.2, 0.25) is 11.8 Å². The van der Waals surface area contributed by atoms with Crippen molar-refractivity contribution in [2.45, 2.75) is 32.2 Å². The van der Waals surface area contributed by atoms with Crippen LogP contribution in [-0.4, -0.2) is 53.3 Å². The summed E-state index contributed by atoms with van der Waals surface area (Å²) in [4.78, 5) is 39.6. The number of likely N-dealkylation sites (tertiary alicyclic amines) is 2. The Bertz CT molecular complexity index is 470. The molecular weight excluding hydrogens is 270 g/mol. The van der Waals surface area contributed by atoms with Gasteiger partial charge >= 0.3 is 6.03 Å². The zero-order valence-corrected chi connectivity index (χ0v) is 12.2. The van der Waals surface area contributed by atoms with Gasteiger partial charge in [-0.3, -0.25) is 14.5 Å². The van der Waals surface area contributed by atoms with E-state index in [9.17, 15) is 14.4 Å². The molecule has 114 valence electrons. The summed E-state index contributed by atoms with van der Waals surface area (Å²) < 4.78 is 0. The smallest absolute Gasteiger partial charge is 0.317 e. The van der Waals surface area contributed by atoms with Crippen molar-refractivity contribution in [3.05, 3.63) is 12.2 Å². The molecule has 3 rings (SSSR count). The largest absolute Gasteiger partial charge is 0.338 e. The number of nitrogens with zero attached hydrogens (tertiary/aromatic N) is 2. The van der Waals surface area contributed by atoms with E-state index in [0.717, 1.165) is 6.42 Å². The van der Waals surface area contributed by atoms with Crippen molar-refractivity contribution in [1.82, 2.24) is 15.1 Å². The van der Waals surface area contributed by atoms with Gasteiger partial charge in [-0.15, -0.1) is 0 Å². The Balaban J connectivity index is 1.59. The van der Waals surface area contributed by atoms with Crippen molar-refractivity contribution in [2.75, 3.05) is 19.6 Å². The van der Waals surface area contributed by atoms with E-state index in [4.69, 9.17) is 0 Å². The van der Waals surface area contributed by atoms with Gasteiger partial charge in [0.05, 0.1) is 17.9 Å². The van der Waals surface area contributed by atoms with Gasteiger partial charge < -0.3 is 10.2 Å². The number of imide groups is 1. The molecule has 2 atom stereocenters. The Kier molecular flexibility index (Phi) is 3.69. The van der Waals surface area contributed by atoms with Gasteiger partial charge in [0.1, 0.15) is 0 Å². The van der Waals surface area contributed by atoms with Crippen LogP contribution in [0.5, 0.6) is 0 Å². The summed E-state index contributed by atoms with van der Waals surface area (Å²) in [5.41, 5.74) is 0. The summed E-state index contributed by atoms with van der Waals surface area (Å²) in [6.45, 7) is 3.56. The van der Waals surface area contributed by atoms with E-state index in [-0.39, 0.29) is 35.7 Å². The van der Waals surface area contributed by atoms with Crippen molar-refractivity contribution < 1.29 is 14.4 Å². The Morgan fingerprint density at radius 3 is 2.29 bits per heavy atom. The summed E-state index contributed by atoms with van der Waals surface area (Å²) in [5.74, 6) is -0.447. The number of carbonyl (C=O) groups excluding carboxylic acids is 3. The fourth-order valence-corrected chi connectivity index (χ4v) is 3.31. The molecule has 4 amide bonds. The highest BCUT2D eigenvalue weighted by atomic mass is 16.2. The summed E-state index contributed by atoms with van der Waals surface area (Å²) >= 11 is 0. The zero-order chi connectivity index (χ0) is 15.0. The molecular formula is C15H21N3O3. The first-order valence-corrected chi connectivity index (χ1v) is 7.68. The van der Waals surface area contributed by atoms with Crippen molar-refractivity contribution in [2.24, 2.45) is 11.8 Å². The molecule has 0 aromatic rings. The predicted molar refractivity (Wildman–Crippen MR) is 76.3 cm³/mol. The highest BCUT2D eigenvalue weighted by Crippen LogP contribution is 2.37. The van der Waals surface area contributed by atoms with Crippen LogP contribution >= 0.6 is 0 Å². The van der Waals surface area contributed by atoms with E-state index < -0.39 is 0 Å². The van der Waals surface area contributed by atoms with Crippen LogP contribution in [0.25, 0.3) is 0 Å². The molecule has 0 saturated carbocycles. The third-order valence-corrected chi connectivity index (χ3v) is 4.58. The van der Waals surface area contributed by atoms with Crippen LogP contribution in [0.4, 0.5) is 4.79 Å². The third kappa shape index (κ3) is 2.32. The van der Waals surface area contributed by atoms with Crippen LogP contribution in [0.15, 0.2) is 12.2 Å². The topological polar surface area (TPSA) is 69.7 Å². The normalized spacial score (nSPS) is 28.6. The Morgan fingerprint density at radius 2 is 1.76 bits per heavy atom. The maximum absolute atomic E-state index is 12.4. The third-order valence-electron chi connectivity index (χ3n) is 4.58. The molecule has 0 radical (unpaired) electrons. The minimum absolute atomic E-state index is 0.0482. The number of hydrogen-bond donors (Lipinski definition) is 1. The van der Waals surface area contributed by atoms with Gasteiger partial charge in [-0.25, -0.2) is 4.79 Å². The van der Waals surface area contributed by atoms with E-state index in [1.165, 1.54) is 4.90 Å². The van der Waals surface area contributed by atoms with E-state index in [1.807, 2.05) is 19.1 Å². The van der Waals surface area contributed by atoms with Crippen LogP contribution in [0.2, 0.25) is 0 Å². The molecule has 2 unspecified atom stereocenters. The molecule has 2 saturated heterocycles. The number of rotatable bonds is 3. The van der Waals surface area contributed by atoms with Crippen LogP contribution in [0, 0.1) is 11.8 Å². The van der Waals surface area contributed by atoms with Crippen LogP contribution < -0.4 is 5.32 Å². The number of hydrogen-bond acceptors (Lipinski definition) is 3. The minimum atomic E-state index is -0.175. The lowest BCUT2D eigenvalue weighted by atomic mass is 9.85. The number of fused-ring (bicyclic) bond motifs is 1. The molecule has 6 nitrogen and oxygen atoms in total. The van der Waals surface area contributed by atoms with E-state index >= 15 is 0 Å². The highest BCUT2D eigenvalue weighted by Gasteiger charge is 2.52. The molecule has 3 aliphatic rings. The molecule has 6 heteroatoms. The van der Waals surface area contributed by atoms with Gasteiger partial charge in [-0.2, -0.15) is 0 Å². The average Bonchev–Trinajstić information content (AvgIpc) is 2.69. The van der Waals surface area contributed by atoms with Gasteiger partial charge in [-0.05, 0) is 19.3 Å². The molecule has 2 aliphatic heterocycles. The molecule has 2 fully saturated rings. The molecule has 21 heavy (non-hydrogen) atoms. The fourth-order valence-electron chi connectivity index (χ4n) is 3.31. The van der Waals surface area contributed by atoms with E-state index in [2.05, 4.69) is 5.32 Å². The van der Waals surface area contributed by atoms with E-state index in [0.29, 0.717) is 32.5 Å². The van der Waals surface area contributed by atoms with Crippen molar-refractivity contribution >= 4 is 17.8 Å². The standard InChI is InChI=1S/C15H21N3O3/c1-2-7-16-15(21)17-8-10(9-17)18-13(19)11-5-3-4-6-12(11)14(18)20/h3-4,10-12H,2,5-9H2,1H3,(H,16,21). The molecule has 0 aromatic carbocycles. The fraction of sp³-hybridized carbons (Fsp3) is 0.667. The Labute approximate surface area is 124 Å². The lowest BCUT2D eigenvalue weighted by Gasteiger charge is -2.43. The second-order valence-corrected chi connectivity index (χ2v) is 5.99. The molecule has 1 N–H and O–H groups in total. The number of nitrogens with one attached hydrogen (secondary N) is 1. The van der Waals surface area contributed by atoms with Crippen LogP contribution in [0.1, 0.15) is 26.2 Å². The van der Waals surface area contributed by atoms with Crippen LogP contribution in [0.3, 0.4) is 0 Å². The molecule has 2 heterocycles. The maximum Gasteiger partial charge on any atom is 0.317 e. The number of urea groups is 1. The second kappa shape index (κ2) is 5.50. The number of amides is 4. The quantitative estimate of drug-likeness (QED) is 0.616. The monoisotopic (exact) mass is 291 g/mol. The number of carbonyl (C=O) groups is 3. The zero-order valence-electron chi connectivity index (χ0n) is 12.2. The summed E-state index contributed by atoms with van der Waals surface area (Å²) in [5, 5.41) is 2.81. The molecule has 0 aromatic heterocycles. The first kappa shape index (κ1) is 14.1. The van der Waals surface area contributed by atoms with Crippen molar-refractivity contribution in [3.8, 4) is 0 Å². The molecule has 0 spiro atoms. The van der Waals surface area contributed by atoms with Gasteiger partial charge in [0, 0.05) is 19.6 Å². The number of allylic oxidation sites excluding steroid dienone is 2. The molecule has 0 bridgehead atoms. The SMILES string of the molecule is CCCNC(=O)N1CC(N2C(=O)C3CC=CCC3C2=O)C1. The second-order valence-electron chi connectivity index (χ2n) is 5.99. The van der Waals surface area contributed by atoms with Gasteiger partial charge in [0.25, 0.3) is 0 Å². The van der Waals surface area contributed by atoms with Crippen molar-refractivity contribution in [1.29, 1.82) is 0 Å². The molecule has 1 aliphatic carbocycles. The first-order valence-electron chi connectivity index (χ1n) is 7.68. The Hall–Kier alpha value is -1.85.